The van der Waals surface area contributed by atoms with E-state index in [1.54, 1.807) is 22.7 Å². The van der Waals surface area contributed by atoms with Crippen LogP contribution in [0.3, 0.4) is 0 Å². The molecule has 9 aromatic carbocycles. The lowest BCUT2D eigenvalue weighted by Crippen LogP contribution is -2.13. The van der Waals surface area contributed by atoms with Crippen molar-refractivity contribution in [2.75, 3.05) is 4.90 Å². The Balaban J connectivity index is 0.922. The first-order valence-electron chi connectivity index (χ1n) is 20.9. The second-order valence-corrected chi connectivity index (χ2v) is 18.0. The summed E-state index contributed by atoms with van der Waals surface area (Å²) in [4.78, 5) is 22.9. The molecule has 0 saturated heterocycles. The van der Waals surface area contributed by atoms with Crippen LogP contribution in [-0.4, -0.2) is 19.9 Å². The fourth-order valence-corrected chi connectivity index (χ4v) is 10.7. The van der Waals surface area contributed by atoms with Crippen LogP contribution in [-0.2, 0) is 0 Å². The zero-order valence-corrected chi connectivity index (χ0v) is 35.2. The summed E-state index contributed by atoms with van der Waals surface area (Å²) in [7, 11) is 0. The molecule has 4 heterocycles. The SMILES string of the molecule is c1ccc2cc(-c3ccc4c(ccc5cc(N(c6ccc7sc(-c8ccc9ccccc9c8)nc7n6)c6ccc7sc(-c8ccc9ccccc9c8)nc7n6)ccc54)c3)ccc2c1. The molecule has 4 aromatic heterocycles. The second-order valence-electron chi connectivity index (χ2n) is 15.9. The van der Waals surface area contributed by atoms with Crippen molar-refractivity contribution < 1.29 is 0 Å². The molecule has 0 spiro atoms. The first-order chi connectivity index (χ1) is 31.1. The van der Waals surface area contributed by atoms with Gasteiger partial charge < -0.3 is 0 Å². The van der Waals surface area contributed by atoms with Gasteiger partial charge in [0.1, 0.15) is 21.7 Å². The van der Waals surface area contributed by atoms with Crippen LogP contribution in [0.15, 0.2) is 200 Å². The zero-order valence-electron chi connectivity index (χ0n) is 33.6. The van der Waals surface area contributed by atoms with Crippen LogP contribution in [0.2, 0.25) is 0 Å². The van der Waals surface area contributed by atoms with Crippen molar-refractivity contribution in [3.63, 3.8) is 0 Å². The van der Waals surface area contributed by atoms with Gasteiger partial charge in [-0.2, -0.15) is 0 Å². The summed E-state index contributed by atoms with van der Waals surface area (Å²) in [6, 6.07) is 71.5. The van der Waals surface area contributed by atoms with E-state index in [1.807, 2.05) is 0 Å². The predicted molar refractivity (Wildman–Crippen MR) is 267 cm³/mol. The van der Waals surface area contributed by atoms with Crippen LogP contribution in [0.25, 0.3) is 107 Å². The minimum Gasteiger partial charge on any atom is -0.279 e. The number of rotatable bonds is 6. The smallest absolute Gasteiger partial charge is 0.173 e. The maximum atomic E-state index is 5.25. The van der Waals surface area contributed by atoms with E-state index in [0.29, 0.717) is 11.3 Å². The van der Waals surface area contributed by atoms with E-state index in [-0.39, 0.29) is 0 Å². The summed E-state index contributed by atoms with van der Waals surface area (Å²) >= 11 is 3.32. The highest BCUT2D eigenvalue weighted by Crippen LogP contribution is 2.41. The molecule has 0 aliphatic heterocycles. The van der Waals surface area contributed by atoms with Gasteiger partial charge in [-0.3, -0.25) is 4.90 Å². The predicted octanol–water partition coefficient (Wildman–Crippen LogP) is 15.9. The molecule has 0 fully saturated rings. The van der Waals surface area contributed by atoms with Crippen molar-refractivity contribution in [1.29, 1.82) is 0 Å². The Morgan fingerprint density at radius 3 is 1.22 bits per heavy atom. The zero-order chi connectivity index (χ0) is 41.4. The van der Waals surface area contributed by atoms with Gasteiger partial charge in [0, 0.05) is 16.8 Å². The molecule has 0 amide bonds. The molecule has 0 N–H and O–H groups in total. The summed E-state index contributed by atoms with van der Waals surface area (Å²) in [6.45, 7) is 0. The minimum atomic E-state index is 0.702. The van der Waals surface area contributed by atoms with Crippen LogP contribution < -0.4 is 4.90 Å². The van der Waals surface area contributed by atoms with E-state index >= 15 is 0 Å². The van der Waals surface area contributed by atoms with Crippen molar-refractivity contribution >= 4 is 115 Å². The Morgan fingerprint density at radius 1 is 0.302 bits per heavy atom. The van der Waals surface area contributed by atoms with E-state index in [2.05, 4.69) is 205 Å². The first-order valence-corrected chi connectivity index (χ1v) is 22.6. The molecule has 0 unspecified atom stereocenters. The van der Waals surface area contributed by atoms with Gasteiger partial charge in [-0.25, -0.2) is 19.9 Å². The Hall–Kier alpha value is -7.84. The van der Waals surface area contributed by atoms with Gasteiger partial charge in [-0.05, 0) is 126 Å². The number of anilines is 3. The van der Waals surface area contributed by atoms with Gasteiger partial charge >= 0.3 is 0 Å². The number of pyridine rings is 2. The molecule has 13 rings (SSSR count). The second kappa shape index (κ2) is 14.4. The largest absolute Gasteiger partial charge is 0.279 e. The molecule has 63 heavy (non-hydrogen) atoms. The molecule has 0 saturated carbocycles. The molecular formula is C56H33N5S2. The average Bonchev–Trinajstić information content (AvgIpc) is 3.98. The van der Waals surface area contributed by atoms with E-state index in [1.165, 1.54) is 59.6 Å². The van der Waals surface area contributed by atoms with E-state index < -0.39 is 0 Å². The Kier molecular flexibility index (Phi) is 8.19. The van der Waals surface area contributed by atoms with Crippen molar-refractivity contribution in [1.82, 2.24) is 19.9 Å². The third kappa shape index (κ3) is 6.28. The molecular weight excluding hydrogens is 807 g/mol. The Morgan fingerprint density at radius 2 is 0.698 bits per heavy atom. The van der Waals surface area contributed by atoms with Gasteiger partial charge in [0.25, 0.3) is 0 Å². The molecule has 7 heteroatoms. The number of benzene rings is 9. The lowest BCUT2D eigenvalue weighted by Gasteiger charge is -2.23. The summed E-state index contributed by atoms with van der Waals surface area (Å²) < 4.78 is 2.05. The highest BCUT2D eigenvalue weighted by atomic mass is 32.1. The molecule has 0 aliphatic rings. The highest BCUT2D eigenvalue weighted by molar-refractivity contribution is 7.22. The lowest BCUT2D eigenvalue weighted by atomic mass is 9.96. The first kappa shape index (κ1) is 35.9. The highest BCUT2D eigenvalue weighted by Gasteiger charge is 2.20. The van der Waals surface area contributed by atoms with Crippen molar-refractivity contribution in [2.24, 2.45) is 0 Å². The van der Waals surface area contributed by atoms with Crippen LogP contribution in [0.1, 0.15) is 0 Å². The molecule has 0 radical (unpaired) electrons. The third-order valence-corrected chi connectivity index (χ3v) is 14.2. The average molecular weight is 840 g/mol. The normalized spacial score (nSPS) is 11.8. The van der Waals surface area contributed by atoms with Gasteiger partial charge in [-0.1, -0.05) is 140 Å². The quantitative estimate of drug-likeness (QED) is 0.156. The number of hydrogen-bond donors (Lipinski definition) is 0. The standard InChI is InChI=1S/C56H33N5S2/c1-4-10-37-29-40(16-13-34(37)7-1)41-21-23-47-42(30-41)17-18-43-33-46(22-24-48(43)47)61(51-27-25-49-53(57-51)59-55(62-49)44-19-14-35-8-2-5-11-38(35)31-44)52-28-26-50-54(58-52)60-56(63-50)45-20-15-36-9-3-6-12-39(36)32-45/h1-33H. The summed E-state index contributed by atoms with van der Waals surface area (Å²) in [5.41, 5.74) is 6.93. The fraction of sp³-hybridized carbons (Fsp3) is 0. The summed E-state index contributed by atoms with van der Waals surface area (Å²) in [5.74, 6) is 1.46. The van der Waals surface area contributed by atoms with E-state index in [0.717, 1.165) is 53.3 Å². The lowest BCUT2D eigenvalue weighted by molar-refractivity contribution is 1.15. The van der Waals surface area contributed by atoms with E-state index in [9.17, 15) is 0 Å². The van der Waals surface area contributed by atoms with Crippen LogP contribution in [0.4, 0.5) is 17.3 Å². The Labute approximate surface area is 369 Å². The molecule has 0 bridgehead atoms. The van der Waals surface area contributed by atoms with Crippen LogP contribution in [0, 0.1) is 0 Å². The summed E-state index contributed by atoms with van der Waals surface area (Å²) in [5, 5.41) is 13.9. The molecule has 0 aliphatic carbocycles. The van der Waals surface area contributed by atoms with Gasteiger partial charge in [0.15, 0.2) is 11.3 Å². The number of thiazole rings is 2. The van der Waals surface area contributed by atoms with E-state index in [4.69, 9.17) is 19.9 Å². The maximum Gasteiger partial charge on any atom is 0.173 e. The number of hydrogen-bond acceptors (Lipinski definition) is 7. The monoisotopic (exact) mass is 839 g/mol. The molecule has 13 aromatic rings. The van der Waals surface area contributed by atoms with Crippen LogP contribution in [0.5, 0.6) is 0 Å². The molecule has 5 nitrogen and oxygen atoms in total. The van der Waals surface area contributed by atoms with Gasteiger partial charge in [0.05, 0.1) is 9.40 Å². The minimum absolute atomic E-state index is 0.702. The fourth-order valence-electron chi connectivity index (χ4n) is 8.89. The van der Waals surface area contributed by atoms with Crippen molar-refractivity contribution in [3.8, 4) is 32.3 Å². The van der Waals surface area contributed by atoms with Crippen molar-refractivity contribution in [3.05, 3.63) is 200 Å². The number of fused-ring (bicyclic) bond motifs is 8. The van der Waals surface area contributed by atoms with Gasteiger partial charge in [0.2, 0.25) is 0 Å². The molecule has 294 valence electrons. The number of nitrogens with zero attached hydrogens (tertiary/aromatic N) is 5. The Bertz CT molecular complexity index is 3810. The van der Waals surface area contributed by atoms with Crippen LogP contribution >= 0.6 is 22.7 Å². The van der Waals surface area contributed by atoms with Gasteiger partial charge in [-0.15, -0.1) is 22.7 Å². The third-order valence-electron chi connectivity index (χ3n) is 12.1. The topological polar surface area (TPSA) is 54.8 Å². The number of aromatic nitrogens is 4. The maximum absolute atomic E-state index is 5.25. The van der Waals surface area contributed by atoms with Crippen molar-refractivity contribution in [2.45, 2.75) is 0 Å². The molecule has 0 atom stereocenters. The summed E-state index contributed by atoms with van der Waals surface area (Å²) in [6.07, 6.45) is 0.